The van der Waals surface area contributed by atoms with Gasteiger partial charge >= 0.3 is 0 Å². The predicted molar refractivity (Wildman–Crippen MR) is 85.7 cm³/mol. The molecule has 19 heavy (non-hydrogen) atoms. The van der Waals surface area contributed by atoms with Gasteiger partial charge in [-0.25, -0.2) is 0 Å². The summed E-state index contributed by atoms with van der Waals surface area (Å²) in [7, 11) is 0. The average Bonchev–Trinajstić information content (AvgIpc) is 2.39. The van der Waals surface area contributed by atoms with Gasteiger partial charge in [0.1, 0.15) is 11.9 Å². The summed E-state index contributed by atoms with van der Waals surface area (Å²) < 4.78 is 7.81. The van der Waals surface area contributed by atoms with Gasteiger partial charge in [0.25, 0.3) is 0 Å². The lowest BCUT2D eigenvalue weighted by molar-refractivity contribution is 0.213. The van der Waals surface area contributed by atoms with Crippen LogP contribution < -0.4 is 10.5 Å². The summed E-state index contributed by atoms with van der Waals surface area (Å²) in [6.45, 7) is 0.393. The molecule has 2 rings (SSSR count). The van der Waals surface area contributed by atoms with Crippen molar-refractivity contribution >= 4 is 43.5 Å². The van der Waals surface area contributed by atoms with Crippen LogP contribution in [0.15, 0.2) is 51.4 Å². The van der Waals surface area contributed by atoms with Crippen LogP contribution in [0, 0.1) is 0 Å². The van der Waals surface area contributed by atoms with Crippen molar-refractivity contribution in [2.24, 2.45) is 5.73 Å². The minimum Gasteiger partial charge on any atom is -0.483 e. The van der Waals surface area contributed by atoms with Crippen molar-refractivity contribution < 1.29 is 4.74 Å². The van der Waals surface area contributed by atoms with Gasteiger partial charge in [0.2, 0.25) is 0 Å². The quantitative estimate of drug-likeness (QED) is 0.782. The van der Waals surface area contributed by atoms with Crippen LogP contribution in [0.5, 0.6) is 5.75 Å². The summed E-state index contributed by atoms with van der Waals surface area (Å²) in [6, 6.07) is 13.3. The Morgan fingerprint density at radius 2 is 1.79 bits per heavy atom. The molecule has 1 atom stereocenters. The number of rotatable bonds is 4. The van der Waals surface area contributed by atoms with Crippen LogP contribution in [0.2, 0.25) is 5.02 Å². The molecule has 0 saturated carbocycles. The molecule has 0 aromatic heterocycles. The van der Waals surface area contributed by atoms with Crippen LogP contribution in [0.3, 0.4) is 0 Å². The van der Waals surface area contributed by atoms with Gasteiger partial charge in [-0.15, -0.1) is 0 Å². The van der Waals surface area contributed by atoms with Crippen molar-refractivity contribution in [1.82, 2.24) is 0 Å². The second kappa shape index (κ2) is 6.75. The molecule has 0 fully saturated rings. The molecule has 0 bridgehead atoms. The fourth-order valence-electron chi connectivity index (χ4n) is 1.65. The van der Waals surface area contributed by atoms with Crippen molar-refractivity contribution in [3.05, 3.63) is 62.0 Å². The fourth-order valence-corrected chi connectivity index (χ4v) is 2.92. The summed E-state index contributed by atoms with van der Waals surface area (Å²) >= 11 is 12.8. The largest absolute Gasteiger partial charge is 0.483 e. The molecule has 100 valence electrons. The Labute approximate surface area is 134 Å². The molecule has 0 aliphatic heterocycles. The molecule has 2 aromatic carbocycles. The molecule has 5 heteroatoms. The zero-order valence-corrected chi connectivity index (χ0v) is 13.9. The highest BCUT2D eigenvalue weighted by molar-refractivity contribution is 9.11. The lowest BCUT2D eigenvalue weighted by Crippen LogP contribution is -2.18. The van der Waals surface area contributed by atoms with Gasteiger partial charge in [0.05, 0.1) is 4.47 Å². The molecule has 0 aliphatic carbocycles. The monoisotopic (exact) mass is 403 g/mol. The van der Waals surface area contributed by atoms with Gasteiger partial charge in [0.15, 0.2) is 0 Å². The van der Waals surface area contributed by atoms with E-state index in [9.17, 15) is 0 Å². The zero-order valence-electron chi connectivity index (χ0n) is 9.95. The third-order valence-corrected chi connectivity index (χ3v) is 3.98. The number of hydrogen-bond acceptors (Lipinski definition) is 2. The summed E-state index contributed by atoms with van der Waals surface area (Å²) in [5, 5.41) is 0.698. The molecule has 0 heterocycles. The standard InChI is InChI=1S/C14H12Br2ClNO/c15-10-3-6-13(12(16)7-10)19-14(8-18)9-1-4-11(17)5-2-9/h1-7,14H,8,18H2. The maximum Gasteiger partial charge on any atom is 0.136 e. The lowest BCUT2D eigenvalue weighted by Gasteiger charge is -2.19. The first-order chi connectivity index (χ1) is 9.10. The second-order valence-corrected chi connectivity index (χ2v) is 6.17. The van der Waals surface area contributed by atoms with Gasteiger partial charge in [-0.05, 0) is 51.8 Å². The van der Waals surface area contributed by atoms with Gasteiger partial charge in [-0.2, -0.15) is 0 Å². The second-order valence-electron chi connectivity index (χ2n) is 3.97. The van der Waals surface area contributed by atoms with Crippen LogP contribution in [-0.2, 0) is 0 Å². The third-order valence-electron chi connectivity index (χ3n) is 2.62. The topological polar surface area (TPSA) is 35.2 Å². The Morgan fingerprint density at radius 1 is 1.11 bits per heavy atom. The molecule has 0 radical (unpaired) electrons. The molecule has 0 spiro atoms. The highest BCUT2D eigenvalue weighted by Crippen LogP contribution is 2.31. The van der Waals surface area contributed by atoms with Crippen LogP contribution in [0.4, 0.5) is 0 Å². The fraction of sp³-hybridized carbons (Fsp3) is 0.143. The van der Waals surface area contributed by atoms with Crippen molar-refractivity contribution in [2.75, 3.05) is 6.54 Å². The lowest BCUT2D eigenvalue weighted by atomic mass is 10.1. The Hall–Kier alpha value is -0.550. The normalized spacial score (nSPS) is 12.2. The average molecular weight is 406 g/mol. The third kappa shape index (κ3) is 3.96. The maximum atomic E-state index is 5.94. The maximum absolute atomic E-state index is 5.94. The molecule has 2 nitrogen and oxygen atoms in total. The van der Waals surface area contributed by atoms with Gasteiger partial charge in [0, 0.05) is 16.0 Å². The molecule has 0 amide bonds. The van der Waals surface area contributed by atoms with E-state index in [1.54, 1.807) is 0 Å². The van der Waals surface area contributed by atoms with E-state index in [4.69, 9.17) is 22.1 Å². The van der Waals surface area contributed by atoms with Gasteiger partial charge in [-0.3, -0.25) is 0 Å². The number of halogens is 3. The van der Waals surface area contributed by atoms with Crippen LogP contribution in [0.1, 0.15) is 11.7 Å². The van der Waals surface area contributed by atoms with E-state index < -0.39 is 0 Å². The van der Waals surface area contributed by atoms with Crippen LogP contribution in [0.25, 0.3) is 0 Å². The van der Waals surface area contributed by atoms with E-state index >= 15 is 0 Å². The van der Waals surface area contributed by atoms with E-state index in [2.05, 4.69) is 31.9 Å². The Kier molecular flexibility index (Phi) is 5.28. The summed E-state index contributed by atoms with van der Waals surface area (Å²) in [6.07, 6.45) is -0.199. The summed E-state index contributed by atoms with van der Waals surface area (Å²) in [5.41, 5.74) is 6.79. The molecule has 0 aliphatic rings. The van der Waals surface area contributed by atoms with Gasteiger partial charge in [-0.1, -0.05) is 39.7 Å². The Morgan fingerprint density at radius 3 is 2.37 bits per heavy atom. The molecule has 1 unspecified atom stereocenters. The summed E-state index contributed by atoms with van der Waals surface area (Å²) in [4.78, 5) is 0. The number of benzene rings is 2. The van der Waals surface area contributed by atoms with E-state index in [0.717, 1.165) is 20.3 Å². The smallest absolute Gasteiger partial charge is 0.136 e. The Balaban J connectivity index is 2.21. The number of ether oxygens (including phenoxy) is 1. The predicted octanol–water partition coefficient (Wildman–Crippen LogP) is 4.94. The molecule has 2 N–H and O–H groups in total. The number of hydrogen-bond donors (Lipinski definition) is 1. The van der Waals surface area contributed by atoms with E-state index in [-0.39, 0.29) is 6.10 Å². The molecular weight excluding hydrogens is 393 g/mol. The SMILES string of the molecule is NCC(Oc1ccc(Br)cc1Br)c1ccc(Cl)cc1. The van der Waals surface area contributed by atoms with E-state index in [1.165, 1.54) is 0 Å². The summed E-state index contributed by atoms with van der Waals surface area (Å²) in [5.74, 6) is 0.758. The van der Waals surface area contributed by atoms with Gasteiger partial charge < -0.3 is 10.5 Å². The van der Waals surface area contributed by atoms with Crippen LogP contribution >= 0.6 is 43.5 Å². The van der Waals surface area contributed by atoms with E-state index in [1.807, 2.05) is 42.5 Å². The molecular formula is C14H12Br2ClNO. The molecule has 0 saturated heterocycles. The first-order valence-electron chi connectivity index (χ1n) is 5.67. The Bertz CT molecular complexity index is 560. The first kappa shape index (κ1) is 14.9. The number of nitrogens with two attached hydrogens (primary N) is 1. The van der Waals surface area contributed by atoms with Crippen molar-refractivity contribution in [3.8, 4) is 5.75 Å². The minimum absolute atomic E-state index is 0.199. The van der Waals surface area contributed by atoms with Crippen molar-refractivity contribution in [3.63, 3.8) is 0 Å². The van der Waals surface area contributed by atoms with E-state index in [0.29, 0.717) is 11.6 Å². The highest BCUT2D eigenvalue weighted by Gasteiger charge is 2.13. The highest BCUT2D eigenvalue weighted by atomic mass is 79.9. The minimum atomic E-state index is -0.199. The zero-order chi connectivity index (χ0) is 13.8. The van der Waals surface area contributed by atoms with Crippen molar-refractivity contribution in [2.45, 2.75) is 6.10 Å². The first-order valence-corrected chi connectivity index (χ1v) is 7.64. The van der Waals surface area contributed by atoms with Crippen LogP contribution in [-0.4, -0.2) is 6.54 Å². The van der Waals surface area contributed by atoms with Crippen molar-refractivity contribution in [1.29, 1.82) is 0 Å². The molecule has 2 aromatic rings.